The molecule has 0 heterocycles. The van der Waals surface area contributed by atoms with Gasteiger partial charge < -0.3 is 20.8 Å². The maximum atomic E-state index is 12.7. The highest BCUT2D eigenvalue weighted by Gasteiger charge is 2.17. The molecule has 0 spiro atoms. The van der Waals surface area contributed by atoms with Crippen LogP contribution in [-0.2, 0) is 16.8 Å². The lowest BCUT2D eigenvalue weighted by Crippen LogP contribution is -2.36. The largest absolute Gasteiger partial charge is 0.395 e. The molecule has 4 N–H and O–H groups in total. The Labute approximate surface area is 171 Å². The number of hydrogen-bond acceptors (Lipinski definition) is 4. The number of benzene rings is 2. The van der Waals surface area contributed by atoms with Crippen molar-refractivity contribution in [1.82, 2.24) is 10.6 Å². The maximum Gasteiger partial charge on any atom is 0.267 e. The van der Waals surface area contributed by atoms with E-state index in [2.05, 4.69) is 31.4 Å². The van der Waals surface area contributed by atoms with Crippen LogP contribution in [0.25, 0.3) is 6.08 Å². The summed E-state index contributed by atoms with van der Waals surface area (Å²) in [6.07, 6.45) is 1.55. The van der Waals surface area contributed by atoms with Gasteiger partial charge in [-0.3, -0.25) is 9.59 Å². The predicted molar refractivity (Wildman–Crippen MR) is 113 cm³/mol. The lowest BCUT2D eigenvalue weighted by molar-refractivity contribution is -0.117. The van der Waals surface area contributed by atoms with Crippen molar-refractivity contribution in [3.8, 4) is 0 Å². The topological polar surface area (TPSA) is 98.7 Å². The van der Waals surface area contributed by atoms with Crippen LogP contribution in [0, 0.1) is 0 Å². The van der Waals surface area contributed by atoms with Gasteiger partial charge in [-0.2, -0.15) is 0 Å². The Morgan fingerprint density at radius 1 is 0.966 bits per heavy atom. The van der Waals surface area contributed by atoms with Gasteiger partial charge in [0.25, 0.3) is 11.8 Å². The molecule has 2 amide bonds. The van der Waals surface area contributed by atoms with Crippen molar-refractivity contribution >= 4 is 17.9 Å². The lowest BCUT2D eigenvalue weighted by atomic mass is 9.87. The van der Waals surface area contributed by atoms with Crippen molar-refractivity contribution in [2.45, 2.75) is 32.8 Å². The van der Waals surface area contributed by atoms with Gasteiger partial charge in [0.15, 0.2) is 0 Å². The fourth-order valence-corrected chi connectivity index (χ4v) is 2.63. The van der Waals surface area contributed by atoms with E-state index in [0.29, 0.717) is 11.1 Å². The minimum atomic E-state index is -0.495. The molecule has 0 aliphatic carbocycles. The Bertz CT molecular complexity index is 863. The van der Waals surface area contributed by atoms with Crippen LogP contribution in [0.15, 0.2) is 54.2 Å². The number of aliphatic hydroxyl groups excluding tert-OH is 2. The van der Waals surface area contributed by atoms with Gasteiger partial charge in [-0.1, -0.05) is 57.2 Å². The van der Waals surface area contributed by atoms with Crippen molar-refractivity contribution in [3.63, 3.8) is 0 Å². The molecule has 0 fully saturated rings. The third kappa shape index (κ3) is 6.55. The highest BCUT2D eigenvalue weighted by molar-refractivity contribution is 6.05. The second-order valence-corrected chi connectivity index (χ2v) is 7.72. The lowest BCUT2D eigenvalue weighted by Gasteiger charge is -2.19. The molecule has 0 bridgehead atoms. The number of amides is 2. The van der Waals surface area contributed by atoms with Crippen LogP contribution in [0.1, 0.15) is 47.8 Å². The first-order valence-electron chi connectivity index (χ1n) is 9.47. The monoisotopic (exact) mass is 396 g/mol. The molecule has 2 rings (SSSR count). The summed E-state index contributed by atoms with van der Waals surface area (Å²) in [6, 6.07) is 14.2. The van der Waals surface area contributed by atoms with E-state index in [4.69, 9.17) is 10.2 Å². The summed E-state index contributed by atoms with van der Waals surface area (Å²) in [5, 5.41) is 23.3. The fraction of sp³-hybridized carbons (Fsp3) is 0.304. The molecule has 0 aliphatic heterocycles. The highest BCUT2D eigenvalue weighted by Crippen LogP contribution is 2.22. The molecule has 6 heteroatoms. The second-order valence-electron chi connectivity index (χ2n) is 7.72. The third-order valence-electron chi connectivity index (χ3n) is 4.38. The van der Waals surface area contributed by atoms with Crippen LogP contribution in [-0.4, -0.2) is 35.2 Å². The summed E-state index contributed by atoms with van der Waals surface area (Å²) in [5.41, 5.74) is 3.03. The van der Waals surface area contributed by atoms with Gasteiger partial charge in [-0.15, -0.1) is 0 Å². The second kappa shape index (κ2) is 10.0. The Hall–Kier alpha value is -2.96. The van der Waals surface area contributed by atoms with Crippen LogP contribution in [0.5, 0.6) is 0 Å². The molecule has 0 radical (unpaired) electrons. The van der Waals surface area contributed by atoms with E-state index in [0.717, 1.165) is 11.1 Å². The van der Waals surface area contributed by atoms with Gasteiger partial charge >= 0.3 is 0 Å². The molecule has 0 unspecified atom stereocenters. The molecule has 2 aromatic carbocycles. The van der Waals surface area contributed by atoms with Crippen LogP contribution in [0.2, 0.25) is 0 Å². The van der Waals surface area contributed by atoms with Crippen LogP contribution < -0.4 is 10.6 Å². The first-order valence-corrected chi connectivity index (χ1v) is 9.47. The highest BCUT2D eigenvalue weighted by atomic mass is 16.3. The van der Waals surface area contributed by atoms with E-state index in [1.165, 1.54) is 0 Å². The van der Waals surface area contributed by atoms with Gasteiger partial charge in [0, 0.05) is 12.1 Å². The van der Waals surface area contributed by atoms with Crippen LogP contribution in [0.4, 0.5) is 0 Å². The van der Waals surface area contributed by atoms with E-state index in [9.17, 15) is 9.59 Å². The van der Waals surface area contributed by atoms with Crippen LogP contribution >= 0.6 is 0 Å². The molecular weight excluding hydrogens is 368 g/mol. The Morgan fingerprint density at radius 2 is 1.59 bits per heavy atom. The molecule has 154 valence electrons. The van der Waals surface area contributed by atoms with Crippen molar-refractivity contribution in [2.24, 2.45) is 0 Å². The summed E-state index contributed by atoms with van der Waals surface area (Å²) < 4.78 is 0. The molecule has 29 heavy (non-hydrogen) atoms. The zero-order valence-electron chi connectivity index (χ0n) is 17.0. The number of carbonyl (C=O) groups excluding carboxylic acids is 2. The van der Waals surface area contributed by atoms with E-state index in [-0.39, 0.29) is 30.9 Å². The van der Waals surface area contributed by atoms with Crippen LogP contribution in [0.3, 0.4) is 0 Å². The standard InChI is InChI=1S/C23H28N2O4/c1-23(2,3)19-10-8-18(9-11-19)21(28)25-20(22(29)24-12-13-26)14-16-4-6-17(15-27)7-5-16/h4-11,14,26-27H,12-13,15H2,1-3H3,(H,24,29)(H,25,28)/b20-14-. The average Bonchev–Trinajstić information content (AvgIpc) is 2.71. The zero-order valence-corrected chi connectivity index (χ0v) is 17.0. The smallest absolute Gasteiger partial charge is 0.267 e. The molecule has 0 aromatic heterocycles. The average molecular weight is 396 g/mol. The van der Waals surface area contributed by atoms with Crippen molar-refractivity contribution in [1.29, 1.82) is 0 Å². The maximum absolute atomic E-state index is 12.7. The van der Waals surface area contributed by atoms with E-state index < -0.39 is 11.8 Å². The van der Waals surface area contributed by atoms with Gasteiger partial charge in [0.2, 0.25) is 0 Å². The minimum Gasteiger partial charge on any atom is -0.395 e. The van der Waals surface area contributed by atoms with Gasteiger partial charge in [-0.05, 0) is 40.3 Å². The van der Waals surface area contributed by atoms with E-state index >= 15 is 0 Å². The van der Waals surface area contributed by atoms with Crippen molar-refractivity contribution in [3.05, 3.63) is 76.5 Å². The number of carbonyl (C=O) groups is 2. The minimum absolute atomic E-state index is 0.0228. The number of aliphatic hydroxyl groups is 2. The first-order chi connectivity index (χ1) is 13.7. The number of rotatable bonds is 7. The predicted octanol–water partition coefficient (Wildman–Crippen LogP) is 2.36. The molecule has 0 saturated carbocycles. The Balaban J connectivity index is 2.25. The first kappa shape index (κ1) is 22.3. The molecule has 6 nitrogen and oxygen atoms in total. The van der Waals surface area contributed by atoms with Crippen molar-refractivity contribution in [2.75, 3.05) is 13.2 Å². The quantitative estimate of drug-likeness (QED) is 0.540. The summed E-state index contributed by atoms with van der Waals surface area (Å²) in [6.45, 7) is 6.08. The van der Waals surface area contributed by atoms with E-state index in [1.54, 1.807) is 42.5 Å². The zero-order chi connectivity index (χ0) is 21.4. The van der Waals surface area contributed by atoms with Gasteiger partial charge in [0.05, 0.1) is 13.2 Å². The molecule has 2 aromatic rings. The third-order valence-corrected chi connectivity index (χ3v) is 4.38. The molecule has 0 aliphatic rings. The summed E-state index contributed by atoms with van der Waals surface area (Å²) in [7, 11) is 0. The Kier molecular flexibility index (Phi) is 7.70. The normalized spacial score (nSPS) is 11.8. The number of nitrogens with one attached hydrogen (secondary N) is 2. The molecule has 0 atom stereocenters. The van der Waals surface area contributed by atoms with E-state index in [1.807, 2.05) is 12.1 Å². The SMILES string of the molecule is CC(C)(C)c1ccc(C(=O)N/C(=C\c2ccc(CO)cc2)C(=O)NCCO)cc1. The number of hydrogen-bond donors (Lipinski definition) is 4. The van der Waals surface area contributed by atoms with Crippen molar-refractivity contribution < 1.29 is 19.8 Å². The fourth-order valence-electron chi connectivity index (χ4n) is 2.63. The summed E-state index contributed by atoms with van der Waals surface area (Å²) in [4.78, 5) is 25.1. The molecule has 0 saturated heterocycles. The summed E-state index contributed by atoms with van der Waals surface area (Å²) in [5.74, 6) is -0.896. The van der Waals surface area contributed by atoms with Gasteiger partial charge in [0.1, 0.15) is 5.70 Å². The Morgan fingerprint density at radius 3 is 2.10 bits per heavy atom. The summed E-state index contributed by atoms with van der Waals surface area (Å²) >= 11 is 0. The van der Waals surface area contributed by atoms with Gasteiger partial charge in [-0.25, -0.2) is 0 Å². The molecular formula is C23H28N2O4.